The first-order chi connectivity index (χ1) is 13.3. The molecule has 0 aliphatic rings. The maximum Gasteiger partial charge on any atom is 0.243 e. The van der Waals surface area contributed by atoms with Crippen LogP contribution < -0.4 is 10.6 Å². The highest BCUT2D eigenvalue weighted by Gasteiger charge is 2.22. The van der Waals surface area contributed by atoms with Gasteiger partial charge in [0.25, 0.3) is 0 Å². The van der Waals surface area contributed by atoms with Crippen LogP contribution in [-0.4, -0.2) is 45.4 Å². The van der Waals surface area contributed by atoms with Crippen LogP contribution in [0.4, 0.5) is 0 Å². The van der Waals surface area contributed by atoms with E-state index in [4.69, 9.17) is 0 Å². The van der Waals surface area contributed by atoms with E-state index in [-0.39, 0.29) is 6.04 Å². The third-order valence-corrected chi connectivity index (χ3v) is 6.61. The zero-order valence-corrected chi connectivity index (χ0v) is 17.8. The number of hydrogen-bond donors (Lipinski definition) is 2. The number of benzene rings is 2. The first kappa shape index (κ1) is 21.9. The Bertz CT molecular complexity index is 863. The molecular formula is C21H30N4O2S. The Kier molecular flexibility index (Phi) is 8.02. The van der Waals surface area contributed by atoms with Crippen LogP contribution in [0.1, 0.15) is 25.0 Å². The summed E-state index contributed by atoms with van der Waals surface area (Å²) in [5, 5.41) is 6.54. The van der Waals surface area contributed by atoms with Crippen LogP contribution in [0, 0.1) is 0 Å². The van der Waals surface area contributed by atoms with Gasteiger partial charge in [-0.25, -0.2) is 8.42 Å². The molecule has 0 amide bonds. The van der Waals surface area contributed by atoms with E-state index < -0.39 is 10.0 Å². The third-order valence-electron chi connectivity index (χ3n) is 4.56. The average Bonchev–Trinajstić information content (AvgIpc) is 2.71. The van der Waals surface area contributed by atoms with Crippen LogP contribution in [0.25, 0.3) is 0 Å². The van der Waals surface area contributed by atoms with Crippen molar-refractivity contribution in [1.82, 2.24) is 14.9 Å². The van der Waals surface area contributed by atoms with Crippen molar-refractivity contribution in [3.8, 4) is 0 Å². The van der Waals surface area contributed by atoms with Crippen molar-refractivity contribution in [3.05, 3.63) is 65.7 Å². The van der Waals surface area contributed by atoms with Crippen molar-refractivity contribution in [2.45, 2.75) is 37.8 Å². The molecule has 0 fully saturated rings. The molecule has 0 unspecified atom stereocenters. The molecule has 2 rings (SSSR count). The van der Waals surface area contributed by atoms with Gasteiger partial charge in [0.2, 0.25) is 10.0 Å². The number of guanidine groups is 1. The van der Waals surface area contributed by atoms with Gasteiger partial charge in [0, 0.05) is 33.2 Å². The quantitative estimate of drug-likeness (QED) is 0.526. The Morgan fingerprint density at radius 3 is 2.21 bits per heavy atom. The SMILES string of the molecule is CN=C(NCCc1ccccc1)NCc1ccc(S(=O)(=O)N(C)C(C)C)cc1. The van der Waals surface area contributed by atoms with Crippen LogP contribution in [0.2, 0.25) is 0 Å². The van der Waals surface area contributed by atoms with Crippen molar-refractivity contribution >= 4 is 16.0 Å². The molecule has 2 aromatic rings. The molecule has 2 N–H and O–H groups in total. The van der Waals surface area contributed by atoms with Gasteiger partial charge in [-0.2, -0.15) is 4.31 Å². The summed E-state index contributed by atoms with van der Waals surface area (Å²) in [7, 11) is -0.123. The summed E-state index contributed by atoms with van der Waals surface area (Å²) in [6, 6.07) is 17.1. The average molecular weight is 403 g/mol. The molecule has 0 spiro atoms. The predicted molar refractivity (Wildman–Crippen MR) is 115 cm³/mol. The summed E-state index contributed by atoms with van der Waals surface area (Å²) in [5.74, 6) is 0.715. The number of rotatable bonds is 8. The Balaban J connectivity index is 1.87. The van der Waals surface area contributed by atoms with E-state index in [1.807, 2.05) is 44.2 Å². The topological polar surface area (TPSA) is 73.8 Å². The molecule has 0 aromatic heterocycles. The Morgan fingerprint density at radius 1 is 1.00 bits per heavy atom. The highest BCUT2D eigenvalue weighted by Crippen LogP contribution is 2.17. The largest absolute Gasteiger partial charge is 0.356 e. The molecule has 6 nitrogen and oxygen atoms in total. The Hall–Kier alpha value is -2.38. The Labute approximate surface area is 168 Å². The minimum atomic E-state index is -3.45. The van der Waals surface area contributed by atoms with Crippen molar-refractivity contribution in [2.75, 3.05) is 20.6 Å². The zero-order valence-electron chi connectivity index (χ0n) is 17.0. The summed E-state index contributed by atoms with van der Waals surface area (Å²) < 4.78 is 26.4. The number of sulfonamides is 1. The number of nitrogens with zero attached hydrogens (tertiary/aromatic N) is 2. The summed E-state index contributed by atoms with van der Waals surface area (Å²) in [6.45, 7) is 5.05. The highest BCUT2D eigenvalue weighted by molar-refractivity contribution is 7.89. The van der Waals surface area contributed by atoms with Gasteiger partial charge in [-0.15, -0.1) is 0 Å². The molecule has 0 bridgehead atoms. The monoisotopic (exact) mass is 402 g/mol. The fraction of sp³-hybridized carbons (Fsp3) is 0.381. The summed E-state index contributed by atoms with van der Waals surface area (Å²) in [4.78, 5) is 4.53. The first-order valence-corrected chi connectivity index (χ1v) is 10.8. The molecule has 28 heavy (non-hydrogen) atoms. The molecule has 0 saturated heterocycles. The van der Waals surface area contributed by atoms with Crippen LogP contribution in [-0.2, 0) is 23.0 Å². The lowest BCUT2D eigenvalue weighted by atomic mass is 10.1. The van der Waals surface area contributed by atoms with Crippen LogP contribution in [0.5, 0.6) is 0 Å². The van der Waals surface area contributed by atoms with Crippen LogP contribution in [0.15, 0.2) is 64.5 Å². The molecule has 0 atom stereocenters. The van der Waals surface area contributed by atoms with E-state index in [2.05, 4.69) is 27.8 Å². The second-order valence-electron chi connectivity index (χ2n) is 6.85. The van der Waals surface area contributed by atoms with Gasteiger partial charge in [-0.1, -0.05) is 42.5 Å². The molecule has 7 heteroatoms. The van der Waals surface area contributed by atoms with E-state index >= 15 is 0 Å². The maximum absolute atomic E-state index is 12.5. The molecule has 2 aromatic carbocycles. The van der Waals surface area contributed by atoms with Gasteiger partial charge in [0.15, 0.2) is 5.96 Å². The second-order valence-corrected chi connectivity index (χ2v) is 8.84. The summed E-state index contributed by atoms with van der Waals surface area (Å²) >= 11 is 0. The zero-order chi connectivity index (χ0) is 20.6. The van der Waals surface area contributed by atoms with Gasteiger partial charge in [-0.05, 0) is 43.5 Å². The van der Waals surface area contributed by atoms with Gasteiger partial charge < -0.3 is 10.6 Å². The standard InChI is InChI=1S/C21H30N4O2S/c1-17(2)25(4)28(26,27)20-12-10-19(11-13-20)16-24-21(22-3)23-15-14-18-8-6-5-7-9-18/h5-13,17H,14-16H2,1-4H3,(H2,22,23,24). The van der Waals surface area contributed by atoms with Crippen molar-refractivity contribution in [1.29, 1.82) is 0 Å². The third kappa shape index (κ3) is 6.07. The van der Waals surface area contributed by atoms with E-state index in [9.17, 15) is 8.42 Å². The first-order valence-electron chi connectivity index (χ1n) is 9.40. The number of aliphatic imine (C=N–C) groups is 1. The van der Waals surface area contributed by atoms with Gasteiger partial charge in [-0.3, -0.25) is 4.99 Å². The second kappa shape index (κ2) is 10.2. The number of hydrogen-bond acceptors (Lipinski definition) is 3. The van der Waals surface area contributed by atoms with E-state index in [1.165, 1.54) is 9.87 Å². The smallest absolute Gasteiger partial charge is 0.243 e. The van der Waals surface area contributed by atoms with E-state index in [0.717, 1.165) is 18.5 Å². The molecule has 0 saturated carbocycles. The lowest BCUT2D eigenvalue weighted by Gasteiger charge is -2.21. The fourth-order valence-electron chi connectivity index (χ4n) is 2.60. The molecule has 152 valence electrons. The van der Waals surface area contributed by atoms with Gasteiger partial charge in [0.05, 0.1) is 4.90 Å². The Morgan fingerprint density at radius 2 is 1.64 bits per heavy atom. The maximum atomic E-state index is 12.5. The van der Waals surface area contributed by atoms with E-state index in [1.54, 1.807) is 26.2 Å². The molecule has 0 radical (unpaired) electrons. The van der Waals surface area contributed by atoms with E-state index in [0.29, 0.717) is 17.4 Å². The van der Waals surface area contributed by atoms with Gasteiger partial charge in [0.1, 0.15) is 0 Å². The molecule has 0 aliphatic heterocycles. The molecular weight excluding hydrogens is 372 g/mol. The van der Waals surface area contributed by atoms with Crippen molar-refractivity contribution < 1.29 is 8.42 Å². The van der Waals surface area contributed by atoms with Gasteiger partial charge >= 0.3 is 0 Å². The molecule has 0 heterocycles. The minimum absolute atomic E-state index is 0.0865. The lowest BCUT2D eigenvalue weighted by Crippen LogP contribution is -2.37. The predicted octanol–water partition coefficient (Wildman–Crippen LogP) is 2.62. The summed E-state index contributed by atoms with van der Waals surface area (Å²) in [6.07, 6.45) is 0.914. The van der Waals surface area contributed by atoms with Crippen LogP contribution in [0.3, 0.4) is 0 Å². The highest BCUT2D eigenvalue weighted by atomic mass is 32.2. The minimum Gasteiger partial charge on any atom is -0.356 e. The van der Waals surface area contributed by atoms with Crippen molar-refractivity contribution in [3.63, 3.8) is 0 Å². The number of nitrogens with one attached hydrogen (secondary N) is 2. The normalized spacial score (nSPS) is 12.4. The van der Waals surface area contributed by atoms with Crippen molar-refractivity contribution in [2.24, 2.45) is 4.99 Å². The van der Waals surface area contributed by atoms with Crippen LogP contribution >= 0.6 is 0 Å². The lowest BCUT2D eigenvalue weighted by molar-refractivity contribution is 0.410. The molecule has 0 aliphatic carbocycles. The fourth-order valence-corrected chi connectivity index (χ4v) is 3.97. The summed E-state index contributed by atoms with van der Waals surface area (Å²) in [5.41, 5.74) is 2.26.